The van der Waals surface area contributed by atoms with Crippen LogP contribution in [0.1, 0.15) is 41.7 Å². The molecular formula is C16H19N3O. The molecule has 3 N–H and O–H groups in total. The van der Waals surface area contributed by atoms with Gasteiger partial charge in [0.1, 0.15) is 5.69 Å². The molecule has 1 aromatic heterocycles. The average molecular weight is 269 g/mol. The number of fused-ring (bicyclic) bond motifs is 2. The number of nitrogens with zero attached hydrogens (tertiary/aromatic N) is 1. The van der Waals surface area contributed by atoms with E-state index < -0.39 is 0 Å². The Hall–Kier alpha value is -1.86. The number of rotatable bonds is 2. The molecule has 4 heteroatoms. The molecule has 0 aromatic carbocycles. The maximum Gasteiger partial charge on any atom is 0.271 e. The van der Waals surface area contributed by atoms with E-state index in [1.54, 1.807) is 12.3 Å². The number of hydrogen-bond acceptors (Lipinski definition) is 3. The number of carbonyl (C=O) groups excluding carboxylic acids is 1. The van der Waals surface area contributed by atoms with Gasteiger partial charge in [-0.1, -0.05) is 18.3 Å². The number of nitrogens with one attached hydrogen (secondary N) is 1. The molecule has 2 aliphatic rings. The lowest BCUT2D eigenvalue weighted by Crippen LogP contribution is -2.39. The maximum atomic E-state index is 12.4. The fourth-order valence-electron chi connectivity index (χ4n) is 3.49. The van der Waals surface area contributed by atoms with Gasteiger partial charge in [-0.25, -0.2) is 4.98 Å². The summed E-state index contributed by atoms with van der Waals surface area (Å²) in [5, 5.41) is 3.14. The minimum absolute atomic E-state index is 0.107. The predicted octanol–water partition coefficient (Wildman–Crippen LogP) is 1.31. The number of carbonyl (C=O) groups is 1. The molecule has 2 bridgehead atoms. The maximum absolute atomic E-state index is 12.4. The van der Waals surface area contributed by atoms with Crippen LogP contribution in [0.3, 0.4) is 0 Å². The number of nitrogens with two attached hydrogens (primary N) is 1. The molecular weight excluding hydrogens is 250 g/mol. The highest BCUT2D eigenvalue weighted by Crippen LogP contribution is 2.44. The summed E-state index contributed by atoms with van der Waals surface area (Å²) in [6, 6.07) is 3.92. The molecule has 0 spiro atoms. The van der Waals surface area contributed by atoms with Crippen molar-refractivity contribution in [3.63, 3.8) is 0 Å². The van der Waals surface area contributed by atoms with E-state index in [0.29, 0.717) is 23.2 Å². The fraction of sp³-hybridized carbons (Fsp3) is 0.500. The third-order valence-electron chi connectivity index (χ3n) is 4.40. The summed E-state index contributed by atoms with van der Waals surface area (Å²) in [7, 11) is 0. The molecule has 1 aromatic rings. The highest BCUT2D eigenvalue weighted by Gasteiger charge is 2.40. The van der Waals surface area contributed by atoms with E-state index in [-0.39, 0.29) is 12.5 Å². The monoisotopic (exact) mass is 269 g/mol. The molecule has 3 rings (SSSR count). The van der Waals surface area contributed by atoms with Crippen LogP contribution < -0.4 is 11.1 Å². The molecule has 2 fully saturated rings. The van der Waals surface area contributed by atoms with Crippen LogP contribution in [0.2, 0.25) is 0 Å². The summed E-state index contributed by atoms with van der Waals surface area (Å²) in [6.45, 7) is 0.280. The Labute approximate surface area is 119 Å². The molecule has 3 unspecified atom stereocenters. The quantitative estimate of drug-likeness (QED) is 0.795. The van der Waals surface area contributed by atoms with E-state index in [1.807, 2.05) is 6.07 Å². The van der Waals surface area contributed by atoms with Gasteiger partial charge in [0.25, 0.3) is 5.91 Å². The van der Waals surface area contributed by atoms with Crippen molar-refractivity contribution < 1.29 is 4.79 Å². The second-order valence-electron chi connectivity index (χ2n) is 5.66. The van der Waals surface area contributed by atoms with E-state index in [4.69, 9.17) is 5.73 Å². The highest BCUT2D eigenvalue weighted by molar-refractivity contribution is 5.95. The first-order valence-electron chi connectivity index (χ1n) is 7.22. The van der Waals surface area contributed by atoms with Gasteiger partial charge in [0.05, 0.1) is 12.1 Å². The van der Waals surface area contributed by atoms with Gasteiger partial charge in [0, 0.05) is 12.2 Å². The third-order valence-corrected chi connectivity index (χ3v) is 4.40. The zero-order chi connectivity index (χ0) is 13.9. The number of amides is 1. The van der Waals surface area contributed by atoms with Gasteiger partial charge in [0.15, 0.2) is 0 Å². The van der Waals surface area contributed by atoms with E-state index in [2.05, 4.69) is 22.1 Å². The first-order chi connectivity index (χ1) is 9.78. The van der Waals surface area contributed by atoms with Crippen LogP contribution in [-0.4, -0.2) is 23.5 Å². The summed E-state index contributed by atoms with van der Waals surface area (Å²) >= 11 is 0. The second kappa shape index (κ2) is 5.64. The summed E-state index contributed by atoms with van der Waals surface area (Å²) in [5.41, 5.74) is 6.45. The first kappa shape index (κ1) is 13.1. The van der Waals surface area contributed by atoms with Gasteiger partial charge in [0.2, 0.25) is 0 Å². The lowest BCUT2D eigenvalue weighted by atomic mass is 9.95. The molecule has 104 valence electrons. The van der Waals surface area contributed by atoms with Gasteiger partial charge in [-0.15, -0.1) is 0 Å². The van der Waals surface area contributed by atoms with Crippen molar-refractivity contribution in [2.24, 2.45) is 17.6 Å². The zero-order valence-corrected chi connectivity index (χ0v) is 11.4. The van der Waals surface area contributed by atoms with Crippen LogP contribution in [-0.2, 0) is 0 Å². The minimum atomic E-state index is -0.107. The van der Waals surface area contributed by atoms with Gasteiger partial charge in [-0.05, 0) is 43.2 Å². The first-order valence-corrected chi connectivity index (χ1v) is 7.22. The Balaban J connectivity index is 1.74. The van der Waals surface area contributed by atoms with Crippen molar-refractivity contribution >= 4 is 5.91 Å². The topological polar surface area (TPSA) is 68.0 Å². The van der Waals surface area contributed by atoms with Crippen molar-refractivity contribution in [1.29, 1.82) is 0 Å². The van der Waals surface area contributed by atoms with Crippen molar-refractivity contribution in [1.82, 2.24) is 10.3 Å². The second-order valence-corrected chi connectivity index (χ2v) is 5.66. The van der Waals surface area contributed by atoms with Crippen LogP contribution in [0.4, 0.5) is 0 Å². The average Bonchev–Trinajstić information content (AvgIpc) is 3.08. The molecule has 20 heavy (non-hydrogen) atoms. The third kappa shape index (κ3) is 2.54. The standard InChI is InChI=1S/C16H19N3O/c17-7-1-3-12-4-2-8-18-15(12)16(20)19-14-10-11-5-6-13(14)9-11/h2,4,8,11,13-14H,5-7,9-10,17H2,(H,19,20). The van der Waals surface area contributed by atoms with E-state index in [0.717, 1.165) is 12.3 Å². The van der Waals surface area contributed by atoms with Gasteiger partial charge in [-0.2, -0.15) is 0 Å². The van der Waals surface area contributed by atoms with E-state index in [9.17, 15) is 4.79 Å². The molecule has 4 nitrogen and oxygen atoms in total. The van der Waals surface area contributed by atoms with Crippen LogP contribution in [0, 0.1) is 23.7 Å². The van der Waals surface area contributed by atoms with Crippen molar-refractivity contribution in [2.45, 2.75) is 31.7 Å². The van der Waals surface area contributed by atoms with Crippen LogP contribution >= 0.6 is 0 Å². The van der Waals surface area contributed by atoms with Crippen LogP contribution in [0.5, 0.6) is 0 Å². The lowest BCUT2D eigenvalue weighted by Gasteiger charge is -2.22. The molecule has 1 amide bonds. The SMILES string of the molecule is NCC#Cc1cccnc1C(=O)NC1CC2CCC1C2. The zero-order valence-electron chi connectivity index (χ0n) is 11.4. The van der Waals surface area contributed by atoms with Crippen molar-refractivity contribution in [3.8, 4) is 11.8 Å². The van der Waals surface area contributed by atoms with Gasteiger partial charge < -0.3 is 11.1 Å². The smallest absolute Gasteiger partial charge is 0.271 e. The summed E-state index contributed by atoms with van der Waals surface area (Å²) in [6.07, 6.45) is 6.59. The number of aromatic nitrogens is 1. The number of hydrogen-bond donors (Lipinski definition) is 2. The summed E-state index contributed by atoms with van der Waals surface area (Å²) < 4.78 is 0. The van der Waals surface area contributed by atoms with Gasteiger partial charge in [-0.3, -0.25) is 4.79 Å². The van der Waals surface area contributed by atoms with E-state index >= 15 is 0 Å². The van der Waals surface area contributed by atoms with Gasteiger partial charge >= 0.3 is 0 Å². The van der Waals surface area contributed by atoms with Crippen molar-refractivity contribution in [2.75, 3.05) is 6.54 Å². The Morgan fingerprint density at radius 3 is 3.05 bits per heavy atom. The van der Waals surface area contributed by atoms with Crippen molar-refractivity contribution in [3.05, 3.63) is 29.6 Å². The lowest BCUT2D eigenvalue weighted by molar-refractivity contribution is 0.0917. The summed E-state index contributed by atoms with van der Waals surface area (Å²) in [5.74, 6) is 7.05. The predicted molar refractivity (Wildman–Crippen MR) is 76.9 cm³/mol. The Kier molecular flexibility index (Phi) is 3.70. The molecule has 2 aliphatic carbocycles. The Morgan fingerprint density at radius 1 is 1.45 bits per heavy atom. The fourth-order valence-corrected chi connectivity index (χ4v) is 3.49. The van der Waals surface area contributed by atoms with Crippen LogP contribution in [0.25, 0.3) is 0 Å². The molecule has 0 saturated heterocycles. The largest absolute Gasteiger partial charge is 0.348 e. The molecule has 3 atom stereocenters. The number of pyridine rings is 1. The Bertz CT molecular complexity index is 573. The molecule has 1 heterocycles. The van der Waals surface area contributed by atoms with Crippen LogP contribution in [0.15, 0.2) is 18.3 Å². The molecule has 0 radical (unpaired) electrons. The Morgan fingerprint density at radius 2 is 2.35 bits per heavy atom. The summed E-state index contributed by atoms with van der Waals surface area (Å²) in [4.78, 5) is 16.6. The minimum Gasteiger partial charge on any atom is -0.348 e. The normalized spacial score (nSPS) is 26.9. The molecule has 0 aliphatic heterocycles. The molecule has 2 saturated carbocycles. The highest BCUT2D eigenvalue weighted by atomic mass is 16.1. The van der Waals surface area contributed by atoms with E-state index in [1.165, 1.54) is 19.3 Å².